The molecule has 0 aliphatic heterocycles. The molecule has 0 radical (unpaired) electrons. The maximum absolute atomic E-state index is 5.84. The van der Waals surface area contributed by atoms with Crippen LogP contribution in [-0.2, 0) is 13.0 Å². The van der Waals surface area contributed by atoms with E-state index in [0.717, 1.165) is 30.2 Å². The molecule has 4 heteroatoms. The van der Waals surface area contributed by atoms with E-state index >= 15 is 0 Å². The Morgan fingerprint density at radius 3 is 2.71 bits per heavy atom. The van der Waals surface area contributed by atoms with Crippen LogP contribution >= 0.6 is 0 Å². The van der Waals surface area contributed by atoms with Gasteiger partial charge < -0.3 is 14.8 Å². The molecule has 0 bridgehead atoms. The van der Waals surface area contributed by atoms with Gasteiger partial charge in [-0.2, -0.15) is 0 Å². The Morgan fingerprint density at radius 2 is 2.00 bits per heavy atom. The molecule has 112 valence electrons. The van der Waals surface area contributed by atoms with E-state index in [4.69, 9.17) is 9.47 Å². The van der Waals surface area contributed by atoms with Gasteiger partial charge in [0, 0.05) is 24.9 Å². The molecular weight excluding hydrogens is 264 g/mol. The Labute approximate surface area is 126 Å². The van der Waals surface area contributed by atoms with Gasteiger partial charge in [0.05, 0.1) is 13.2 Å². The first-order valence-corrected chi connectivity index (χ1v) is 7.26. The number of pyridine rings is 1. The lowest BCUT2D eigenvalue weighted by atomic mass is 10.2. The number of benzene rings is 1. The van der Waals surface area contributed by atoms with Crippen LogP contribution in [0.4, 0.5) is 0 Å². The number of rotatable bonds is 8. The summed E-state index contributed by atoms with van der Waals surface area (Å²) in [7, 11) is 1.93. The monoisotopic (exact) mass is 286 g/mol. The number of hydrogen-bond acceptors (Lipinski definition) is 4. The molecule has 0 saturated carbocycles. The van der Waals surface area contributed by atoms with Crippen LogP contribution in [0, 0.1) is 0 Å². The summed E-state index contributed by atoms with van der Waals surface area (Å²) in [6.45, 7) is 4.00. The summed E-state index contributed by atoms with van der Waals surface area (Å²) in [6, 6.07) is 11.9. The van der Waals surface area contributed by atoms with Crippen LogP contribution in [0.15, 0.2) is 42.6 Å². The Bertz CT molecular complexity index is 544. The largest absolute Gasteiger partial charge is 0.490 e. The average Bonchev–Trinajstić information content (AvgIpc) is 2.51. The van der Waals surface area contributed by atoms with Gasteiger partial charge in [0.2, 0.25) is 0 Å². The molecule has 2 rings (SSSR count). The van der Waals surface area contributed by atoms with Crippen molar-refractivity contribution in [2.24, 2.45) is 0 Å². The molecule has 0 amide bonds. The molecule has 0 fully saturated rings. The second-order valence-corrected chi connectivity index (χ2v) is 4.66. The van der Waals surface area contributed by atoms with Crippen molar-refractivity contribution in [3.05, 3.63) is 53.9 Å². The van der Waals surface area contributed by atoms with E-state index < -0.39 is 0 Å². The molecule has 0 unspecified atom stereocenters. The maximum atomic E-state index is 5.84. The average molecular weight is 286 g/mol. The smallest absolute Gasteiger partial charge is 0.161 e. The van der Waals surface area contributed by atoms with E-state index in [-0.39, 0.29) is 0 Å². The first-order valence-electron chi connectivity index (χ1n) is 7.26. The summed E-state index contributed by atoms with van der Waals surface area (Å²) in [5.74, 6) is 1.58. The third kappa shape index (κ3) is 4.76. The number of aromatic nitrogens is 1. The van der Waals surface area contributed by atoms with Crippen molar-refractivity contribution in [1.29, 1.82) is 0 Å². The standard InChI is InChI=1S/C17H22N2O2/c1-3-20-17-12-14(13-18-2)7-8-16(17)21-11-9-15-6-4-5-10-19-15/h4-8,10,12,18H,3,9,11,13H2,1-2H3. The van der Waals surface area contributed by atoms with Crippen molar-refractivity contribution in [3.63, 3.8) is 0 Å². The van der Waals surface area contributed by atoms with Crippen LogP contribution in [0.1, 0.15) is 18.2 Å². The molecule has 2 aromatic rings. The van der Waals surface area contributed by atoms with Crippen LogP contribution in [0.2, 0.25) is 0 Å². The topological polar surface area (TPSA) is 43.4 Å². The van der Waals surface area contributed by atoms with Crippen LogP contribution in [0.25, 0.3) is 0 Å². The van der Waals surface area contributed by atoms with Crippen LogP contribution in [0.5, 0.6) is 11.5 Å². The molecule has 4 nitrogen and oxygen atoms in total. The highest BCUT2D eigenvalue weighted by Crippen LogP contribution is 2.28. The molecule has 0 spiro atoms. The quantitative estimate of drug-likeness (QED) is 0.810. The van der Waals surface area contributed by atoms with Crippen molar-refractivity contribution >= 4 is 0 Å². The van der Waals surface area contributed by atoms with E-state index in [0.29, 0.717) is 13.2 Å². The maximum Gasteiger partial charge on any atom is 0.161 e. The third-order valence-corrected chi connectivity index (χ3v) is 3.03. The molecule has 1 aromatic heterocycles. The number of hydrogen-bond donors (Lipinski definition) is 1. The minimum absolute atomic E-state index is 0.586. The fourth-order valence-corrected chi connectivity index (χ4v) is 2.07. The van der Waals surface area contributed by atoms with Gasteiger partial charge in [-0.15, -0.1) is 0 Å². The highest BCUT2D eigenvalue weighted by atomic mass is 16.5. The molecule has 1 N–H and O–H groups in total. The molecular formula is C17H22N2O2. The van der Waals surface area contributed by atoms with Crippen molar-refractivity contribution in [2.75, 3.05) is 20.3 Å². The Balaban J connectivity index is 1.98. The van der Waals surface area contributed by atoms with Gasteiger partial charge in [0.15, 0.2) is 11.5 Å². The summed E-state index contributed by atoms with van der Waals surface area (Å²) < 4.78 is 11.5. The van der Waals surface area contributed by atoms with E-state index in [1.54, 1.807) is 6.20 Å². The van der Waals surface area contributed by atoms with Gasteiger partial charge in [-0.3, -0.25) is 4.98 Å². The summed E-state index contributed by atoms with van der Waals surface area (Å²) in [6.07, 6.45) is 2.58. The molecule has 21 heavy (non-hydrogen) atoms. The van der Waals surface area contributed by atoms with E-state index in [9.17, 15) is 0 Å². The van der Waals surface area contributed by atoms with Gasteiger partial charge in [-0.05, 0) is 43.8 Å². The Kier molecular flexibility index (Phi) is 6.03. The first-order chi connectivity index (χ1) is 10.3. The van der Waals surface area contributed by atoms with Crippen LogP contribution < -0.4 is 14.8 Å². The molecule has 1 aromatic carbocycles. The molecule has 0 saturated heterocycles. The molecule has 0 aliphatic rings. The zero-order valence-corrected chi connectivity index (χ0v) is 12.6. The van der Waals surface area contributed by atoms with Crippen molar-refractivity contribution in [3.8, 4) is 11.5 Å². The van der Waals surface area contributed by atoms with Crippen molar-refractivity contribution in [1.82, 2.24) is 10.3 Å². The Hall–Kier alpha value is -2.07. The lowest BCUT2D eigenvalue weighted by molar-refractivity contribution is 0.278. The minimum atomic E-state index is 0.586. The predicted octanol–water partition coefficient (Wildman–Crippen LogP) is 2.82. The second-order valence-electron chi connectivity index (χ2n) is 4.66. The highest BCUT2D eigenvalue weighted by Gasteiger charge is 2.06. The first kappa shape index (κ1) is 15.3. The summed E-state index contributed by atoms with van der Waals surface area (Å²) in [5, 5.41) is 3.13. The highest BCUT2D eigenvalue weighted by molar-refractivity contribution is 5.43. The van der Waals surface area contributed by atoms with Gasteiger partial charge in [0.1, 0.15) is 0 Å². The summed E-state index contributed by atoms with van der Waals surface area (Å²) in [5.41, 5.74) is 2.21. The minimum Gasteiger partial charge on any atom is -0.490 e. The normalized spacial score (nSPS) is 10.4. The lowest BCUT2D eigenvalue weighted by Gasteiger charge is -2.13. The third-order valence-electron chi connectivity index (χ3n) is 3.03. The van der Waals surface area contributed by atoms with Crippen LogP contribution in [0.3, 0.4) is 0 Å². The molecule has 0 atom stereocenters. The lowest BCUT2D eigenvalue weighted by Crippen LogP contribution is -2.07. The van der Waals surface area contributed by atoms with Gasteiger partial charge in [-0.25, -0.2) is 0 Å². The number of ether oxygens (including phenoxy) is 2. The van der Waals surface area contributed by atoms with E-state index in [2.05, 4.69) is 16.4 Å². The number of nitrogens with zero attached hydrogens (tertiary/aromatic N) is 1. The van der Waals surface area contributed by atoms with Crippen molar-refractivity contribution < 1.29 is 9.47 Å². The number of nitrogens with one attached hydrogen (secondary N) is 1. The van der Waals surface area contributed by atoms with E-state index in [1.165, 1.54) is 5.56 Å². The van der Waals surface area contributed by atoms with Gasteiger partial charge in [0.25, 0.3) is 0 Å². The fourth-order valence-electron chi connectivity index (χ4n) is 2.07. The molecule has 1 heterocycles. The summed E-state index contributed by atoms with van der Waals surface area (Å²) >= 11 is 0. The fraction of sp³-hybridized carbons (Fsp3) is 0.353. The zero-order chi connectivity index (χ0) is 14.9. The zero-order valence-electron chi connectivity index (χ0n) is 12.6. The summed E-state index contributed by atoms with van der Waals surface area (Å²) in [4.78, 5) is 4.29. The van der Waals surface area contributed by atoms with Gasteiger partial charge in [-0.1, -0.05) is 12.1 Å². The van der Waals surface area contributed by atoms with Crippen molar-refractivity contribution in [2.45, 2.75) is 19.9 Å². The molecule has 0 aliphatic carbocycles. The van der Waals surface area contributed by atoms with Gasteiger partial charge >= 0.3 is 0 Å². The van der Waals surface area contributed by atoms with Crippen LogP contribution in [-0.4, -0.2) is 25.2 Å². The van der Waals surface area contributed by atoms with E-state index in [1.807, 2.05) is 44.3 Å². The second kappa shape index (κ2) is 8.27. The SMILES string of the molecule is CCOc1cc(CNC)ccc1OCCc1ccccn1. The predicted molar refractivity (Wildman–Crippen MR) is 83.8 cm³/mol. The Morgan fingerprint density at radius 1 is 1.10 bits per heavy atom.